The average molecular weight is 201 g/mol. The minimum Gasteiger partial charge on any atom is -0.466 e. The molecule has 0 bridgehead atoms. The van der Waals surface area contributed by atoms with E-state index in [0.29, 0.717) is 19.4 Å². The zero-order valence-corrected chi connectivity index (χ0v) is 8.17. The Balaban J connectivity index is -0.000000320. The molecule has 0 rings (SSSR count). The Morgan fingerprint density at radius 2 is 2.09 bits per heavy atom. The molecule has 0 radical (unpaired) electrons. The smallest absolute Gasteiger partial charge is 0.306 e. The van der Waals surface area contributed by atoms with Gasteiger partial charge in [-0.2, -0.15) is 0 Å². The Kier molecular flexibility index (Phi) is 19.3. The molecule has 0 aromatic carbocycles. The zero-order valence-electron chi connectivity index (χ0n) is 6.54. The van der Waals surface area contributed by atoms with Crippen molar-refractivity contribution < 1.29 is 9.53 Å². The van der Waals surface area contributed by atoms with E-state index in [0.717, 1.165) is 0 Å². The van der Waals surface area contributed by atoms with E-state index >= 15 is 0 Å². The molecule has 0 aliphatic carbocycles. The molecule has 0 atom stereocenters. The molecule has 0 fully saturated rings. The van der Waals surface area contributed by atoms with Gasteiger partial charge in [-0.25, -0.2) is 0 Å². The summed E-state index contributed by atoms with van der Waals surface area (Å²) >= 11 is 0. The third kappa shape index (κ3) is 12.9. The summed E-state index contributed by atoms with van der Waals surface area (Å²) in [4.78, 5) is 10.5. The highest BCUT2D eigenvalue weighted by atomic mass is 35.5. The fraction of sp³-hybridized carbons (Fsp3) is 0.571. The third-order valence-electron chi connectivity index (χ3n) is 0.858. The highest BCUT2D eigenvalue weighted by Crippen LogP contribution is 1.91. The van der Waals surface area contributed by atoms with Gasteiger partial charge in [0.05, 0.1) is 6.61 Å². The van der Waals surface area contributed by atoms with Crippen molar-refractivity contribution in [1.29, 1.82) is 0 Å². The maximum atomic E-state index is 10.5. The van der Waals surface area contributed by atoms with Gasteiger partial charge in [-0.05, 0) is 13.3 Å². The first-order chi connectivity index (χ1) is 4.31. The molecule has 0 saturated heterocycles. The summed E-state index contributed by atoms with van der Waals surface area (Å²) < 4.78 is 4.66. The average Bonchev–Trinajstić information content (AvgIpc) is 1.85. The number of ether oxygens (including phenoxy) is 1. The van der Waals surface area contributed by atoms with Gasteiger partial charge in [0, 0.05) is 6.42 Å². The summed E-state index contributed by atoms with van der Waals surface area (Å²) in [7, 11) is 0. The molecular weight excluding hydrogens is 187 g/mol. The highest BCUT2D eigenvalue weighted by molar-refractivity contribution is 5.85. The van der Waals surface area contributed by atoms with Crippen molar-refractivity contribution in [2.75, 3.05) is 6.61 Å². The monoisotopic (exact) mass is 200 g/mol. The van der Waals surface area contributed by atoms with Crippen LogP contribution in [0.15, 0.2) is 12.7 Å². The van der Waals surface area contributed by atoms with Crippen LogP contribution in [0, 0.1) is 0 Å². The normalized spacial score (nSPS) is 7.00. The van der Waals surface area contributed by atoms with Crippen molar-refractivity contribution in [2.45, 2.75) is 19.8 Å². The van der Waals surface area contributed by atoms with Gasteiger partial charge in [0.2, 0.25) is 0 Å². The Morgan fingerprint density at radius 1 is 1.55 bits per heavy atom. The second-order valence-electron chi connectivity index (χ2n) is 1.63. The molecular formula is C7H14Cl2O2. The molecule has 0 aromatic rings. The molecule has 0 N–H and O–H groups in total. The predicted octanol–water partition coefficient (Wildman–Crippen LogP) is 2.36. The number of allylic oxidation sites excluding steroid dienone is 1. The van der Waals surface area contributed by atoms with E-state index in [-0.39, 0.29) is 30.8 Å². The van der Waals surface area contributed by atoms with Crippen molar-refractivity contribution in [3.8, 4) is 0 Å². The number of hydrogen-bond acceptors (Lipinski definition) is 2. The van der Waals surface area contributed by atoms with Crippen LogP contribution in [0.2, 0.25) is 0 Å². The lowest BCUT2D eigenvalue weighted by Gasteiger charge is -1.96. The van der Waals surface area contributed by atoms with Crippen LogP contribution in [0.1, 0.15) is 19.8 Å². The van der Waals surface area contributed by atoms with Gasteiger partial charge in [-0.1, -0.05) is 6.08 Å². The number of halogens is 2. The Bertz CT molecular complexity index is 105. The van der Waals surface area contributed by atoms with Crippen LogP contribution in [-0.4, -0.2) is 12.6 Å². The molecule has 0 amide bonds. The first kappa shape index (κ1) is 17.0. The van der Waals surface area contributed by atoms with E-state index in [4.69, 9.17) is 0 Å². The number of rotatable bonds is 4. The van der Waals surface area contributed by atoms with Gasteiger partial charge < -0.3 is 4.74 Å². The van der Waals surface area contributed by atoms with Crippen LogP contribution in [0.3, 0.4) is 0 Å². The maximum Gasteiger partial charge on any atom is 0.306 e. The van der Waals surface area contributed by atoms with Gasteiger partial charge in [0.25, 0.3) is 0 Å². The standard InChI is InChI=1S/C7H12O2.2ClH/c1-3-5-6-7(8)9-4-2;;/h3H,1,4-6H2,2H3;2*1H. The number of hydrogen-bond donors (Lipinski definition) is 0. The topological polar surface area (TPSA) is 26.3 Å². The van der Waals surface area contributed by atoms with Crippen molar-refractivity contribution >= 4 is 30.8 Å². The number of carbonyl (C=O) groups is 1. The number of carbonyl (C=O) groups excluding carboxylic acids is 1. The first-order valence-electron chi connectivity index (χ1n) is 3.07. The largest absolute Gasteiger partial charge is 0.466 e. The molecule has 2 nitrogen and oxygen atoms in total. The van der Waals surface area contributed by atoms with Crippen LogP contribution in [0.4, 0.5) is 0 Å². The van der Waals surface area contributed by atoms with Crippen molar-refractivity contribution in [1.82, 2.24) is 0 Å². The van der Waals surface area contributed by atoms with Gasteiger partial charge in [0.15, 0.2) is 0 Å². The molecule has 0 aliphatic rings. The minimum absolute atomic E-state index is 0. The lowest BCUT2D eigenvalue weighted by Crippen LogP contribution is -2.02. The van der Waals surface area contributed by atoms with E-state index in [1.807, 2.05) is 0 Å². The molecule has 0 heterocycles. The van der Waals surface area contributed by atoms with Gasteiger partial charge in [-0.3, -0.25) is 4.79 Å². The van der Waals surface area contributed by atoms with Crippen LogP contribution in [0.5, 0.6) is 0 Å². The van der Waals surface area contributed by atoms with Crippen LogP contribution in [0.25, 0.3) is 0 Å². The van der Waals surface area contributed by atoms with Gasteiger partial charge >= 0.3 is 5.97 Å². The molecule has 11 heavy (non-hydrogen) atoms. The van der Waals surface area contributed by atoms with Crippen LogP contribution >= 0.6 is 24.8 Å². The van der Waals surface area contributed by atoms with Crippen molar-refractivity contribution in [3.05, 3.63) is 12.7 Å². The van der Waals surface area contributed by atoms with Gasteiger partial charge in [0.1, 0.15) is 0 Å². The first-order valence-corrected chi connectivity index (χ1v) is 3.07. The molecule has 0 unspecified atom stereocenters. The molecule has 68 valence electrons. The van der Waals surface area contributed by atoms with E-state index < -0.39 is 0 Å². The molecule has 0 saturated carbocycles. The third-order valence-corrected chi connectivity index (χ3v) is 0.858. The van der Waals surface area contributed by atoms with Gasteiger partial charge in [-0.15, -0.1) is 31.4 Å². The highest BCUT2D eigenvalue weighted by Gasteiger charge is 1.96. The summed E-state index contributed by atoms with van der Waals surface area (Å²) in [6.07, 6.45) is 2.87. The summed E-state index contributed by atoms with van der Waals surface area (Å²) in [5.41, 5.74) is 0. The quantitative estimate of drug-likeness (QED) is 0.515. The van der Waals surface area contributed by atoms with Crippen molar-refractivity contribution in [2.24, 2.45) is 0 Å². The Morgan fingerprint density at radius 3 is 2.45 bits per heavy atom. The van der Waals surface area contributed by atoms with E-state index in [9.17, 15) is 4.79 Å². The Labute approximate surface area is 79.8 Å². The molecule has 4 heteroatoms. The fourth-order valence-corrected chi connectivity index (χ4v) is 0.453. The van der Waals surface area contributed by atoms with Crippen LogP contribution in [-0.2, 0) is 9.53 Å². The Hall–Kier alpha value is -0.210. The predicted molar refractivity (Wildman–Crippen MR) is 50.6 cm³/mol. The van der Waals surface area contributed by atoms with E-state index in [2.05, 4.69) is 11.3 Å². The lowest BCUT2D eigenvalue weighted by molar-refractivity contribution is -0.142. The maximum absolute atomic E-state index is 10.5. The molecule has 0 spiro atoms. The summed E-state index contributed by atoms with van der Waals surface area (Å²) in [6, 6.07) is 0. The van der Waals surface area contributed by atoms with Crippen LogP contribution < -0.4 is 0 Å². The second-order valence-corrected chi connectivity index (χ2v) is 1.63. The minimum atomic E-state index is -0.141. The number of esters is 1. The molecule has 0 aliphatic heterocycles. The summed E-state index contributed by atoms with van der Waals surface area (Å²) in [5.74, 6) is -0.141. The van der Waals surface area contributed by atoms with E-state index in [1.165, 1.54) is 0 Å². The second kappa shape index (κ2) is 12.5. The lowest BCUT2D eigenvalue weighted by atomic mass is 10.3. The fourth-order valence-electron chi connectivity index (χ4n) is 0.453. The molecule has 0 aromatic heterocycles. The summed E-state index contributed by atoms with van der Waals surface area (Å²) in [6.45, 7) is 5.75. The SMILES string of the molecule is C=CCCC(=O)OCC.Cl.Cl. The van der Waals surface area contributed by atoms with Crippen molar-refractivity contribution in [3.63, 3.8) is 0 Å². The van der Waals surface area contributed by atoms with E-state index in [1.54, 1.807) is 13.0 Å². The summed E-state index contributed by atoms with van der Waals surface area (Å²) in [5, 5.41) is 0. The zero-order chi connectivity index (χ0) is 7.11.